The van der Waals surface area contributed by atoms with Crippen LogP contribution in [0.5, 0.6) is 0 Å². The van der Waals surface area contributed by atoms with E-state index in [0.29, 0.717) is 25.5 Å². The number of sulfone groups is 1. The lowest BCUT2D eigenvalue weighted by Gasteiger charge is -2.34. The van der Waals surface area contributed by atoms with Crippen LogP contribution in [0.25, 0.3) is 0 Å². The lowest BCUT2D eigenvalue weighted by atomic mass is 9.98. The molecule has 1 heterocycles. The first-order valence-corrected chi connectivity index (χ1v) is 8.12. The van der Waals surface area contributed by atoms with Crippen LogP contribution in [0.4, 0.5) is 23.2 Å². The molecule has 1 aromatic carbocycles. The molecule has 124 valence electrons. The molecule has 0 bridgehead atoms. The standard InChI is InChI=1S/C13H15F4NO3S/c14-10-3-4-11(18-5-1-2-9(7-18)8-19)12(6-10)22(20,21)13(15,16)17/h3-4,6,9,19H,1-2,5,7-8H2. The number of hydrogen-bond donors (Lipinski definition) is 1. The summed E-state index contributed by atoms with van der Waals surface area (Å²) in [6.45, 7) is 0.435. The first-order chi connectivity index (χ1) is 10.2. The van der Waals surface area contributed by atoms with Gasteiger partial charge in [0.1, 0.15) is 10.7 Å². The molecule has 4 nitrogen and oxygen atoms in total. The van der Waals surface area contributed by atoms with E-state index >= 15 is 0 Å². The number of nitrogens with zero attached hydrogens (tertiary/aromatic N) is 1. The molecule has 1 aromatic rings. The fourth-order valence-corrected chi connectivity index (χ4v) is 3.51. The molecule has 0 saturated carbocycles. The van der Waals surface area contributed by atoms with E-state index in [1.807, 2.05) is 0 Å². The molecule has 0 aromatic heterocycles. The number of anilines is 1. The van der Waals surface area contributed by atoms with E-state index in [1.54, 1.807) is 0 Å². The lowest BCUT2D eigenvalue weighted by Crippen LogP contribution is -2.38. The maximum atomic E-state index is 13.3. The topological polar surface area (TPSA) is 57.6 Å². The molecule has 1 unspecified atom stereocenters. The van der Waals surface area contributed by atoms with Crippen molar-refractivity contribution in [3.63, 3.8) is 0 Å². The van der Waals surface area contributed by atoms with Gasteiger partial charge < -0.3 is 10.0 Å². The lowest BCUT2D eigenvalue weighted by molar-refractivity contribution is -0.0435. The average molecular weight is 341 g/mol. The normalized spacial score (nSPS) is 20.2. The second kappa shape index (κ2) is 6.04. The Kier molecular flexibility index (Phi) is 4.67. The Morgan fingerprint density at radius 3 is 2.59 bits per heavy atom. The summed E-state index contributed by atoms with van der Waals surface area (Å²) in [6.07, 6.45) is 1.31. The predicted molar refractivity (Wildman–Crippen MR) is 71.7 cm³/mol. The van der Waals surface area contributed by atoms with Gasteiger partial charge in [-0.2, -0.15) is 13.2 Å². The summed E-state index contributed by atoms with van der Waals surface area (Å²) in [7, 11) is -5.65. The number of aliphatic hydroxyl groups is 1. The largest absolute Gasteiger partial charge is 0.501 e. The molecule has 0 spiro atoms. The van der Waals surface area contributed by atoms with Crippen molar-refractivity contribution in [1.82, 2.24) is 0 Å². The summed E-state index contributed by atoms with van der Waals surface area (Å²) >= 11 is 0. The molecular weight excluding hydrogens is 326 g/mol. The Morgan fingerprint density at radius 2 is 2.00 bits per heavy atom. The van der Waals surface area contributed by atoms with E-state index in [9.17, 15) is 31.1 Å². The number of rotatable bonds is 3. The Bertz CT molecular complexity index is 645. The zero-order chi connectivity index (χ0) is 16.5. The number of aliphatic hydroxyl groups excluding tert-OH is 1. The van der Waals surface area contributed by atoms with Crippen LogP contribution in [-0.2, 0) is 9.84 Å². The van der Waals surface area contributed by atoms with Crippen molar-refractivity contribution in [3.05, 3.63) is 24.0 Å². The Balaban J connectivity index is 2.49. The maximum absolute atomic E-state index is 13.3. The van der Waals surface area contributed by atoms with Crippen LogP contribution in [0, 0.1) is 11.7 Å². The van der Waals surface area contributed by atoms with Gasteiger partial charge in [0, 0.05) is 19.7 Å². The number of halogens is 4. The fraction of sp³-hybridized carbons (Fsp3) is 0.538. The highest BCUT2D eigenvalue weighted by Crippen LogP contribution is 2.37. The minimum absolute atomic E-state index is 0.140. The van der Waals surface area contributed by atoms with Crippen molar-refractivity contribution >= 4 is 15.5 Å². The molecular formula is C13H15F4NO3S. The molecule has 0 amide bonds. The zero-order valence-corrected chi connectivity index (χ0v) is 12.3. The minimum Gasteiger partial charge on any atom is -0.396 e. The average Bonchev–Trinajstić information content (AvgIpc) is 2.46. The van der Waals surface area contributed by atoms with Crippen LogP contribution in [0.2, 0.25) is 0 Å². The van der Waals surface area contributed by atoms with Gasteiger partial charge in [-0.05, 0) is 37.0 Å². The maximum Gasteiger partial charge on any atom is 0.501 e. The Labute approximate surface area is 125 Å². The third kappa shape index (κ3) is 3.19. The summed E-state index contributed by atoms with van der Waals surface area (Å²) in [5, 5.41) is 9.17. The highest BCUT2D eigenvalue weighted by Gasteiger charge is 2.48. The first kappa shape index (κ1) is 17.0. The number of piperidine rings is 1. The van der Waals surface area contributed by atoms with Gasteiger partial charge in [-0.25, -0.2) is 12.8 Å². The van der Waals surface area contributed by atoms with Gasteiger partial charge in [0.25, 0.3) is 9.84 Å². The molecule has 1 saturated heterocycles. The predicted octanol–water partition coefficient (Wildman–Crippen LogP) is 2.33. The summed E-state index contributed by atoms with van der Waals surface area (Å²) in [5.74, 6) is -1.21. The van der Waals surface area contributed by atoms with Gasteiger partial charge in [0.2, 0.25) is 0 Å². The van der Waals surface area contributed by atoms with Crippen LogP contribution < -0.4 is 4.90 Å². The van der Waals surface area contributed by atoms with Crippen LogP contribution in [0.1, 0.15) is 12.8 Å². The Morgan fingerprint density at radius 1 is 1.32 bits per heavy atom. The van der Waals surface area contributed by atoms with Crippen molar-refractivity contribution in [3.8, 4) is 0 Å². The van der Waals surface area contributed by atoms with Gasteiger partial charge in [-0.1, -0.05) is 0 Å². The third-order valence-electron chi connectivity index (χ3n) is 3.63. The van der Waals surface area contributed by atoms with Crippen molar-refractivity contribution in [2.45, 2.75) is 23.2 Å². The summed E-state index contributed by atoms with van der Waals surface area (Å²) in [5.41, 5.74) is -5.68. The molecule has 1 fully saturated rings. The molecule has 2 rings (SSSR count). The molecule has 22 heavy (non-hydrogen) atoms. The quantitative estimate of drug-likeness (QED) is 0.858. The third-order valence-corrected chi connectivity index (χ3v) is 5.15. The fourth-order valence-electron chi connectivity index (χ4n) is 2.52. The molecule has 0 radical (unpaired) electrons. The van der Waals surface area contributed by atoms with E-state index in [2.05, 4.69) is 0 Å². The second-order valence-corrected chi connectivity index (χ2v) is 7.11. The molecule has 0 aliphatic carbocycles. The SMILES string of the molecule is O=S(=O)(c1cc(F)ccc1N1CCCC(CO)C1)C(F)(F)F. The van der Waals surface area contributed by atoms with Gasteiger partial charge in [-0.15, -0.1) is 0 Å². The van der Waals surface area contributed by atoms with Crippen molar-refractivity contribution in [1.29, 1.82) is 0 Å². The first-order valence-electron chi connectivity index (χ1n) is 6.63. The molecule has 9 heteroatoms. The number of alkyl halides is 3. The van der Waals surface area contributed by atoms with Crippen LogP contribution >= 0.6 is 0 Å². The van der Waals surface area contributed by atoms with Crippen LogP contribution in [0.3, 0.4) is 0 Å². The van der Waals surface area contributed by atoms with Crippen molar-refractivity contribution in [2.24, 2.45) is 5.92 Å². The van der Waals surface area contributed by atoms with Crippen molar-refractivity contribution < 1.29 is 31.1 Å². The van der Waals surface area contributed by atoms with Gasteiger partial charge >= 0.3 is 5.51 Å². The van der Waals surface area contributed by atoms with E-state index < -0.39 is 26.1 Å². The van der Waals surface area contributed by atoms with Crippen LogP contribution in [-0.4, -0.2) is 38.7 Å². The molecule has 1 aliphatic rings. The monoisotopic (exact) mass is 341 g/mol. The van der Waals surface area contributed by atoms with Gasteiger partial charge in [0.15, 0.2) is 0 Å². The smallest absolute Gasteiger partial charge is 0.396 e. The minimum atomic E-state index is -5.65. The summed E-state index contributed by atoms with van der Waals surface area (Å²) < 4.78 is 74.9. The second-order valence-electron chi connectivity index (χ2n) is 5.20. The summed E-state index contributed by atoms with van der Waals surface area (Å²) in [6, 6.07) is 2.35. The number of benzene rings is 1. The molecule has 1 aliphatic heterocycles. The summed E-state index contributed by atoms with van der Waals surface area (Å²) in [4.78, 5) is 0.362. The highest BCUT2D eigenvalue weighted by molar-refractivity contribution is 7.92. The van der Waals surface area contributed by atoms with E-state index in [-0.39, 0.29) is 24.8 Å². The highest BCUT2D eigenvalue weighted by atomic mass is 32.2. The van der Waals surface area contributed by atoms with E-state index in [0.717, 1.165) is 12.1 Å². The van der Waals surface area contributed by atoms with E-state index in [1.165, 1.54) is 4.90 Å². The Hall–Kier alpha value is -1.35. The van der Waals surface area contributed by atoms with Crippen molar-refractivity contribution in [2.75, 3.05) is 24.6 Å². The zero-order valence-electron chi connectivity index (χ0n) is 11.5. The molecule has 1 atom stereocenters. The van der Waals surface area contributed by atoms with E-state index in [4.69, 9.17) is 0 Å². The van der Waals surface area contributed by atoms with Gasteiger partial charge in [0.05, 0.1) is 5.69 Å². The molecule has 1 N–H and O–H groups in total. The van der Waals surface area contributed by atoms with Crippen LogP contribution in [0.15, 0.2) is 23.1 Å². The van der Waals surface area contributed by atoms with Gasteiger partial charge in [-0.3, -0.25) is 0 Å². The number of hydrogen-bond acceptors (Lipinski definition) is 4.